The Balaban J connectivity index is 2.05. The molecule has 4 heteroatoms. The molecule has 3 aromatic rings. The van der Waals surface area contributed by atoms with Crippen molar-refractivity contribution >= 4 is 34.0 Å². The zero-order valence-electron chi connectivity index (χ0n) is 10.8. The van der Waals surface area contributed by atoms with Crippen LogP contribution in [0.25, 0.3) is 11.0 Å². The Morgan fingerprint density at radius 3 is 2.70 bits per heavy atom. The molecule has 0 aliphatic rings. The van der Waals surface area contributed by atoms with Crippen LogP contribution in [-0.4, -0.2) is 5.78 Å². The maximum atomic E-state index is 12.4. The number of nitrogen functional groups attached to an aromatic ring is 1. The van der Waals surface area contributed by atoms with Gasteiger partial charge >= 0.3 is 0 Å². The number of rotatable bonds is 2. The molecule has 2 N–H and O–H groups in total. The van der Waals surface area contributed by atoms with E-state index in [2.05, 4.69) is 0 Å². The number of hydrogen-bond donors (Lipinski definition) is 1. The first-order chi connectivity index (χ1) is 9.54. The van der Waals surface area contributed by atoms with Gasteiger partial charge < -0.3 is 10.2 Å². The van der Waals surface area contributed by atoms with Gasteiger partial charge in [0.25, 0.3) is 0 Å². The van der Waals surface area contributed by atoms with Crippen LogP contribution >= 0.6 is 11.6 Å². The summed E-state index contributed by atoms with van der Waals surface area (Å²) >= 11 is 5.92. The highest BCUT2D eigenvalue weighted by Gasteiger charge is 2.15. The molecule has 0 saturated heterocycles. The van der Waals surface area contributed by atoms with E-state index in [0.717, 1.165) is 10.9 Å². The molecule has 20 heavy (non-hydrogen) atoms. The Bertz CT molecular complexity index is 820. The van der Waals surface area contributed by atoms with Crippen molar-refractivity contribution in [2.24, 2.45) is 0 Å². The summed E-state index contributed by atoms with van der Waals surface area (Å²) in [7, 11) is 0. The largest absolute Gasteiger partial charge is 0.453 e. The fourth-order valence-electron chi connectivity index (χ4n) is 2.05. The molecule has 0 spiro atoms. The van der Waals surface area contributed by atoms with Crippen LogP contribution in [0.2, 0.25) is 5.02 Å². The van der Waals surface area contributed by atoms with Crippen LogP contribution in [0.3, 0.4) is 0 Å². The van der Waals surface area contributed by atoms with E-state index in [1.807, 2.05) is 13.0 Å². The molecule has 0 aliphatic carbocycles. The quantitative estimate of drug-likeness (QED) is 0.567. The highest BCUT2D eigenvalue weighted by molar-refractivity contribution is 6.31. The van der Waals surface area contributed by atoms with Gasteiger partial charge in [0.1, 0.15) is 5.58 Å². The number of nitrogens with two attached hydrogens (primary N) is 1. The smallest absolute Gasteiger partial charge is 0.228 e. The van der Waals surface area contributed by atoms with Crippen molar-refractivity contribution < 1.29 is 9.21 Å². The standard InChI is InChI=1S/C16H12ClNO2/c1-9-2-3-10(7-13(9)18)16(19)15-8-11-6-12(17)4-5-14(11)20-15/h2-8H,18H2,1H3. The zero-order valence-corrected chi connectivity index (χ0v) is 11.6. The minimum Gasteiger partial charge on any atom is -0.453 e. The van der Waals surface area contributed by atoms with E-state index in [0.29, 0.717) is 21.9 Å². The number of halogens is 1. The minimum atomic E-state index is -0.191. The van der Waals surface area contributed by atoms with Gasteiger partial charge in [0, 0.05) is 21.7 Å². The number of hydrogen-bond acceptors (Lipinski definition) is 3. The summed E-state index contributed by atoms with van der Waals surface area (Å²) in [5, 5.41) is 1.41. The molecule has 100 valence electrons. The van der Waals surface area contributed by atoms with Gasteiger partial charge in [-0.25, -0.2) is 0 Å². The number of anilines is 1. The fourth-order valence-corrected chi connectivity index (χ4v) is 2.23. The second kappa shape index (κ2) is 4.69. The van der Waals surface area contributed by atoms with E-state index >= 15 is 0 Å². The summed E-state index contributed by atoms with van der Waals surface area (Å²) < 4.78 is 5.56. The van der Waals surface area contributed by atoms with Crippen molar-refractivity contribution in [2.75, 3.05) is 5.73 Å². The van der Waals surface area contributed by atoms with Crippen LogP contribution in [0.1, 0.15) is 21.7 Å². The molecule has 3 nitrogen and oxygen atoms in total. The maximum absolute atomic E-state index is 12.4. The average molecular weight is 286 g/mol. The first-order valence-electron chi connectivity index (χ1n) is 6.14. The topological polar surface area (TPSA) is 56.2 Å². The molecule has 2 aromatic carbocycles. The van der Waals surface area contributed by atoms with Crippen LogP contribution in [0.15, 0.2) is 46.9 Å². The van der Waals surface area contributed by atoms with Crippen LogP contribution in [0.5, 0.6) is 0 Å². The highest BCUT2D eigenvalue weighted by Crippen LogP contribution is 2.25. The van der Waals surface area contributed by atoms with Crippen LogP contribution in [0, 0.1) is 6.92 Å². The maximum Gasteiger partial charge on any atom is 0.228 e. The van der Waals surface area contributed by atoms with Gasteiger partial charge in [-0.3, -0.25) is 4.79 Å². The van der Waals surface area contributed by atoms with Gasteiger partial charge in [-0.1, -0.05) is 23.7 Å². The average Bonchev–Trinajstić information content (AvgIpc) is 2.84. The molecule has 3 rings (SSSR count). The molecular weight excluding hydrogens is 274 g/mol. The summed E-state index contributed by atoms with van der Waals surface area (Å²) in [4.78, 5) is 12.4. The second-order valence-corrected chi connectivity index (χ2v) is 5.13. The molecule has 0 radical (unpaired) electrons. The van der Waals surface area contributed by atoms with Gasteiger partial charge in [-0.05, 0) is 42.8 Å². The van der Waals surface area contributed by atoms with Gasteiger partial charge in [0.05, 0.1) is 0 Å². The van der Waals surface area contributed by atoms with E-state index in [1.165, 1.54) is 0 Å². The molecule has 0 unspecified atom stereocenters. The second-order valence-electron chi connectivity index (χ2n) is 4.69. The number of fused-ring (bicyclic) bond motifs is 1. The predicted octanol–water partition coefficient (Wildman–Crippen LogP) is 4.21. The molecule has 1 aromatic heterocycles. The third-order valence-electron chi connectivity index (χ3n) is 3.24. The van der Waals surface area contributed by atoms with Crippen molar-refractivity contribution in [3.8, 4) is 0 Å². The normalized spacial score (nSPS) is 10.9. The lowest BCUT2D eigenvalue weighted by molar-refractivity contribution is 0.101. The van der Waals surface area contributed by atoms with Gasteiger partial charge in [0.2, 0.25) is 5.78 Å². The van der Waals surface area contributed by atoms with Crippen LogP contribution in [-0.2, 0) is 0 Å². The van der Waals surface area contributed by atoms with Gasteiger partial charge in [0.15, 0.2) is 5.76 Å². The molecule has 0 bridgehead atoms. The first-order valence-corrected chi connectivity index (χ1v) is 6.52. The van der Waals surface area contributed by atoms with Crippen molar-refractivity contribution in [3.05, 3.63) is 64.4 Å². The Morgan fingerprint density at radius 2 is 1.95 bits per heavy atom. The fraction of sp³-hybridized carbons (Fsp3) is 0.0625. The third kappa shape index (κ3) is 2.17. The molecule has 0 atom stereocenters. The molecule has 1 heterocycles. The number of carbonyl (C=O) groups excluding carboxylic acids is 1. The minimum absolute atomic E-state index is 0.191. The zero-order chi connectivity index (χ0) is 14.3. The molecular formula is C16H12ClNO2. The monoisotopic (exact) mass is 285 g/mol. The van der Waals surface area contributed by atoms with E-state index in [9.17, 15) is 4.79 Å². The molecule has 0 amide bonds. The highest BCUT2D eigenvalue weighted by atomic mass is 35.5. The SMILES string of the molecule is Cc1ccc(C(=O)c2cc3cc(Cl)ccc3o2)cc1N. The first kappa shape index (κ1) is 12.8. The van der Waals surface area contributed by atoms with Gasteiger partial charge in [-0.15, -0.1) is 0 Å². The summed E-state index contributed by atoms with van der Waals surface area (Å²) in [6.45, 7) is 1.90. The van der Waals surface area contributed by atoms with Crippen molar-refractivity contribution in [1.29, 1.82) is 0 Å². The Morgan fingerprint density at radius 1 is 1.15 bits per heavy atom. The number of benzene rings is 2. The van der Waals surface area contributed by atoms with Crippen molar-refractivity contribution in [3.63, 3.8) is 0 Å². The Labute approximate surface area is 120 Å². The Kier molecular flexibility index (Phi) is 2.99. The summed E-state index contributed by atoms with van der Waals surface area (Å²) in [6, 6.07) is 12.2. The molecule has 0 fully saturated rings. The lowest BCUT2D eigenvalue weighted by Gasteiger charge is -2.02. The number of furan rings is 1. The van der Waals surface area contributed by atoms with E-state index < -0.39 is 0 Å². The summed E-state index contributed by atoms with van der Waals surface area (Å²) in [5.41, 5.74) is 8.52. The lowest BCUT2D eigenvalue weighted by Crippen LogP contribution is -2.01. The third-order valence-corrected chi connectivity index (χ3v) is 3.48. The predicted molar refractivity (Wildman–Crippen MR) is 80.2 cm³/mol. The number of carbonyl (C=O) groups is 1. The summed E-state index contributed by atoms with van der Waals surface area (Å²) in [5.74, 6) is 0.0922. The van der Waals surface area contributed by atoms with Crippen LogP contribution < -0.4 is 5.73 Å². The van der Waals surface area contributed by atoms with E-state index in [-0.39, 0.29) is 11.5 Å². The van der Waals surface area contributed by atoms with Crippen molar-refractivity contribution in [2.45, 2.75) is 6.92 Å². The van der Waals surface area contributed by atoms with Gasteiger partial charge in [-0.2, -0.15) is 0 Å². The molecule has 0 saturated carbocycles. The number of ketones is 1. The van der Waals surface area contributed by atoms with E-state index in [4.69, 9.17) is 21.8 Å². The number of aryl methyl sites for hydroxylation is 1. The van der Waals surface area contributed by atoms with E-state index in [1.54, 1.807) is 36.4 Å². The Hall–Kier alpha value is -2.26. The lowest BCUT2D eigenvalue weighted by atomic mass is 10.1. The van der Waals surface area contributed by atoms with Crippen LogP contribution in [0.4, 0.5) is 5.69 Å². The van der Waals surface area contributed by atoms with Crippen molar-refractivity contribution in [1.82, 2.24) is 0 Å². The summed E-state index contributed by atoms with van der Waals surface area (Å²) in [6.07, 6.45) is 0. The molecule has 0 aliphatic heterocycles.